The quantitative estimate of drug-likeness (QED) is 0.549. The van der Waals surface area contributed by atoms with Crippen molar-refractivity contribution in [2.75, 3.05) is 0 Å². The second-order valence-electron chi connectivity index (χ2n) is 2.74. The van der Waals surface area contributed by atoms with Gasteiger partial charge >= 0.3 is 0 Å². The largest absolute Gasteiger partial charge is 0.106 e. The SMILES string of the molecule is C=C.C=C/C=C1\CC(/C=C\C)=C(C=C)S1.CC. The molecule has 0 saturated carbocycles. The van der Waals surface area contributed by atoms with Crippen LogP contribution in [0.1, 0.15) is 27.2 Å². The van der Waals surface area contributed by atoms with Crippen LogP contribution in [0.25, 0.3) is 0 Å². The van der Waals surface area contributed by atoms with E-state index in [0.29, 0.717) is 0 Å². The van der Waals surface area contributed by atoms with Crippen LogP contribution in [0.15, 0.2) is 72.1 Å². The molecule has 1 aliphatic heterocycles. The molecule has 0 nitrogen and oxygen atoms in total. The molecule has 1 rings (SSSR count). The van der Waals surface area contributed by atoms with Gasteiger partial charge in [0.2, 0.25) is 0 Å². The van der Waals surface area contributed by atoms with Crippen molar-refractivity contribution in [2.24, 2.45) is 0 Å². The lowest BCUT2D eigenvalue weighted by Crippen LogP contribution is -1.73. The molecule has 0 aromatic rings. The molecule has 0 fully saturated rings. The van der Waals surface area contributed by atoms with Gasteiger partial charge in [-0.2, -0.15) is 0 Å². The average Bonchev–Trinajstić information content (AvgIpc) is 2.77. The van der Waals surface area contributed by atoms with Crippen LogP contribution in [0.4, 0.5) is 0 Å². The fraction of sp³-hybridized carbons (Fsp3) is 0.250. The van der Waals surface area contributed by atoms with Crippen LogP contribution in [0.2, 0.25) is 0 Å². The lowest BCUT2D eigenvalue weighted by atomic mass is 10.1. The number of hydrogen-bond donors (Lipinski definition) is 0. The maximum absolute atomic E-state index is 3.80. The Hall–Kier alpha value is -1.21. The minimum absolute atomic E-state index is 1.02. The van der Waals surface area contributed by atoms with E-state index in [2.05, 4.69) is 44.5 Å². The molecule has 0 unspecified atom stereocenters. The van der Waals surface area contributed by atoms with Crippen molar-refractivity contribution in [3.8, 4) is 0 Å². The van der Waals surface area contributed by atoms with Crippen molar-refractivity contribution in [2.45, 2.75) is 27.2 Å². The number of allylic oxidation sites excluding steroid dienone is 7. The predicted octanol–water partition coefficient (Wildman–Crippen LogP) is 6.04. The average molecular weight is 248 g/mol. The summed E-state index contributed by atoms with van der Waals surface area (Å²) in [6.45, 7) is 19.5. The highest BCUT2D eigenvalue weighted by Gasteiger charge is 2.14. The summed E-state index contributed by atoms with van der Waals surface area (Å²) < 4.78 is 0. The number of rotatable bonds is 3. The molecule has 17 heavy (non-hydrogen) atoms. The number of hydrogen-bond acceptors (Lipinski definition) is 1. The maximum Gasteiger partial charge on any atom is 0.0148 e. The zero-order valence-electron chi connectivity index (χ0n) is 11.3. The van der Waals surface area contributed by atoms with E-state index in [1.54, 1.807) is 11.8 Å². The summed E-state index contributed by atoms with van der Waals surface area (Å²) in [7, 11) is 0. The minimum atomic E-state index is 1.02. The number of thioether (sulfide) groups is 1. The molecule has 94 valence electrons. The second kappa shape index (κ2) is 12.9. The predicted molar refractivity (Wildman–Crippen MR) is 85.1 cm³/mol. The van der Waals surface area contributed by atoms with Crippen molar-refractivity contribution in [1.82, 2.24) is 0 Å². The van der Waals surface area contributed by atoms with Gasteiger partial charge in [-0.25, -0.2) is 0 Å². The Balaban J connectivity index is 0. The van der Waals surface area contributed by atoms with Crippen molar-refractivity contribution in [1.29, 1.82) is 0 Å². The molecular weight excluding hydrogens is 224 g/mol. The van der Waals surface area contributed by atoms with Gasteiger partial charge in [0.15, 0.2) is 0 Å². The molecule has 1 heterocycles. The van der Waals surface area contributed by atoms with Gasteiger partial charge in [-0.3, -0.25) is 0 Å². The van der Waals surface area contributed by atoms with E-state index < -0.39 is 0 Å². The Morgan fingerprint density at radius 1 is 1.18 bits per heavy atom. The fourth-order valence-corrected chi connectivity index (χ4v) is 2.29. The van der Waals surface area contributed by atoms with E-state index in [0.717, 1.165) is 6.42 Å². The van der Waals surface area contributed by atoms with Gasteiger partial charge < -0.3 is 0 Å². The lowest BCUT2D eigenvalue weighted by Gasteiger charge is -1.91. The monoisotopic (exact) mass is 248 g/mol. The molecule has 0 amide bonds. The standard InChI is InChI=1S/C12H14S.C2H6.C2H4/c1-4-7-10-9-11(8-5-2)13-12(10)6-3;2*1-2/h4-8H,2-3,9H2,1H3;1-2H3;1-2H2/b7-4-,11-8+;;. The van der Waals surface area contributed by atoms with E-state index in [4.69, 9.17) is 0 Å². The van der Waals surface area contributed by atoms with Crippen molar-refractivity contribution < 1.29 is 0 Å². The summed E-state index contributed by atoms with van der Waals surface area (Å²) in [5, 5.41) is 0. The Morgan fingerprint density at radius 2 is 1.76 bits per heavy atom. The third kappa shape index (κ3) is 6.85. The third-order valence-corrected chi connectivity index (χ3v) is 2.97. The first-order valence-corrected chi connectivity index (χ1v) is 6.61. The highest BCUT2D eigenvalue weighted by molar-refractivity contribution is 8.07. The Kier molecular flexibility index (Phi) is 13.7. The summed E-state index contributed by atoms with van der Waals surface area (Å²) in [6.07, 6.45) is 11.0. The highest BCUT2D eigenvalue weighted by Crippen LogP contribution is 2.41. The highest BCUT2D eigenvalue weighted by atomic mass is 32.2. The lowest BCUT2D eigenvalue weighted by molar-refractivity contribution is 1.28. The van der Waals surface area contributed by atoms with Crippen LogP contribution in [0, 0.1) is 0 Å². The summed E-state index contributed by atoms with van der Waals surface area (Å²) in [4.78, 5) is 2.62. The summed E-state index contributed by atoms with van der Waals surface area (Å²) in [5.74, 6) is 0. The molecule has 0 aliphatic carbocycles. The van der Waals surface area contributed by atoms with Crippen molar-refractivity contribution >= 4 is 11.8 Å². The summed E-state index contributed by atoms with van der Waals surface area (Å²) in [6, 6.07) is 0. The van der Waals surface area contributed by atoms with Crippen LogP contribution in [0.5, 0.6) is 0 Å². The van der Waals surface area contributed by atoms with Crippen LogP contribution in [-0.2, 0) is 0 Å². The molecule has 1 aliphatic rings. The van der Waals surface area contributed by atoms with Gasteiger partial charge in [-0.15, -0.1) is 13.2 Å². The maximum atomic E-state index is 3.80. The van der Waals surface area contributed by atoms with E-state index >= 15 is 0 Å². The molecule has 0 spiro atoms. The van der Waals surface area contributed by atoms with Gasteiger partial charge in [-0.05, 0) is 17.4 Å². The Morgan fingerprint density at radius 3 is 2.18 bits per heavy atom. The molecule has 0 atom stereocenters. The first-order chi connectivity index (χ1) is 8.31. The van der Waals surface area contributed by atoms with E-state index in [-0.39, 0.29) is 0 Å². The molecule has 0 N–H and O–H groups in total. The molecule has 0 saturated heterocycles. The van der Waals surface area contributed by atoms with E-state index in [1.165, 1.54) is 15.4 Å². The minimum Gasteiger partial charge on any atom is -0.106 e. The van der Waals surface area contributed by atoms with Crippen LogP contribution >= 0.6 is 11.8 Å². The Bertz CT molecular complexity index is 316. The van der Waals surface area contributed by atoms with Crippen molar-refractivity contribution in [3.63, 3.8) is 0 Å². The van der Waals surface area contributed by atoms with Crippen molar-refractivity contribution in [3.05, 3.63) is 72.1 Å². The van der Waals surface area contributed by atoms with Gasteiger partial charge in [0.25, 0.3) is 0 Å². The second-order valence-corrected chi connectivity index (χ2v) is 3.91. The van der Waals surface area contributed by atoms with Crippen LogP contribution in [-0.4, -0.2) is 0 Å². The van der Waals surface area contributed by atoms with Crippen LogP contribution in [0.3, 0.4) is 0 Å². The first kappa shape index (κ1) is 18.2. The first-order valence-electron chi connectivity index (χ1n) is 5.79. The van der Waals surface area contributed by atoms with E-state index in [1.807, 2.05) is 32.9 Å². The summed E-state index contributed by atoms with van der Waals surface area (Å²) >= 11 is 1.78. The smallest absolute Gasteiger partial charge is 0.0148 e. The van der Waals surface area contributed by atoms with Crippen LogP contribution < -0.4 is 0 Å². The topological polar surface area (TPSA) is 0 Å². The zero-order chi connectivity index (χ0) is 13.7. The molecular formula is C16H24S. The van der Waals surface area contributed by atoms with Gasteiger partial charge in [0.1, 0.15) is 0 Å². The normalized spacial score (nSPS) is 16.1. The molecule has 0 aromatic heterocycles. The molecule has 0 radical (unpaired) electrons. The third-order valence-electron chi connectivity index (χ3n) is 1.78. The van der Waals surface area contributed by atoms with Gasteiger partial charge in [0, 0.05) is 11.3 Å². The molecule has 1 heteroatoms. The van der Waals surface area contributed by atoms with Gasteiger partial charge in [-0.1, -0.05) is 69.1 Å². The fourth-order valence-electron chi connectivity index (χ4n) is 1.26. The zero-order valence-corrected chi connectivity index (χ0v) is 12.1. The molecule has 0 aromatic carbocycles. The Labute approximate surface area is 111 Å². The summed E-state index contributed by atoms with van der Waals surface area (Å²) in [5.41, 5.74) is 1.36. The van der Waals surface area contributed by atoms with Gasteiger partial charge in [0.05, 0.1) is 0 Å². The van der Waals surface area contributed by atoms with E-state index in [9.17, 15) is 0 Å². The molecule has 0 bridgehead atoms.